The fourth-order valence-corrected chi connectivity index (χ4v) is 2.24. The Morgan fingerprint density at radius 3 is 2.44 bits per heavy atom. The molecule has 1 N–H and O–H groups in total. The minimum absolute atomic E-state index is 0.0375. The number of halogens is 1. The van der Waals surface area contributed by atoms with Crippen LogP contribution < -0.4 is 21.9 Å². The summed E-state index contributed by atoms with van der Waals surface area (Å²) >= 11 is 0. The van der Waals surface area contributed by atoms with E-state index in [-0.39, 0.29) is 44.7 Å². The van der Waals surface area contributed by atoms with Gasteiger partial charge in [0, 0.05) is 5.56 Å². The quantitative estimate of drug-likeness (QED) is 0.589. The largest absolute Gasteiger partial charge is 0.478 e. The van der Waals surface area contributed by atoms with E-state index in [1.807, 2.05) is 0 Å². The molecule has 10 heteroatoms. The lowest BCUT2D eigenvalue weighted by Gasteiger charge is -2.15. The number of carboxylic acid groups (broad SMARTS) is 1. The minimum atomic E-state index is -1.11. The third-order valence-electron chi connectivity index (χ3n) is 3.60. The molecule has 25 heavy (non-hydrogen) atoms. The highest BCUT2D eigenvalue weighted by molar-refractivity contribution is 6.63. The predicted molar refractivity (Wildman–Crippen MR) is 93.6 cm³/mol. The molecule has 0 saturated heterocycles. The molecule has 8 radical (unpaired) electrons. The molecule has 3 rings (SSSR count). The van der Waals surface area contributed by atoms with Crippen LogP contribution in [-0.2, 0) is 0 Å². The highest BCUT2D eigenvalue weighted by Crippen LogP contribution is 2.22. The van der Waals surface area contributed by atoms with Gasteiger partial charge in [0.1, 0.15) is 37.2 Å². The summed E-state index contributed by atoms with van der Waals surface area (Å²) in [6.07, 6.45) is 0. The van der Waals surface area contributed by atoms with Crippen LogP contribution in [0.2, 0.25) is 0 Å². The van der Waals surface area contributed by atoms with Crippen LogP contribution >= 0.6 is 0 Å². The van der Waals surface area contributed by atoms with Crippen molar-refractivity contribution in [3.8, 4) is 22.8 Å². The molecule has 0 saturated carbocycles. The maximum atomic E-state index is 14.4. The summed E-state index contributed by atoms with van der Waals surface area (Å²) < 4.78 is 19.5. The van der Waals surface area contributed by atoms with Crippen molar-refractivity contribution in [2.24, 2.45) is 0 Å². The second kappa shape index (κ2) is 6.27. The van der Waals surface area contributed by atoms with Crippen molar-refractivity contribution in [3.63, 3.8) is 0 Å². The van der Waals surface area contributed by atoms with Crippen molar-refractivity contribution in [1.82, 2.24) is 10.1 Å². The smallest absolute Gasteiger partial charge is 0.335 e. The molecule has 0 atom stereocenters. The lowest BCUT2D eigenvalue weighted by atomic mass is 9.65. The molecule has 2 aromatic carbocycles. The fraction of sp³-hybridized carbons (Fsp3) is 0. The van der Waals surface area contributed by atoms with E-state index in [0.29, 0.717) is 5.56 Å². The topological polar surface area (TPSA) is 76.2 Å². The molecule has 0 aliphatic heterocycles. The van der Waals surface area contributed by atoms with E-state index in [2.05, 4.69) is 10.1 Å². The third-order valence-corrected chi connectivity index (χ3v) is 3.60. The zero-order chi connectivity index (χ0) is 18.3. The van der Waals surface area contributed by atoms with Crippen molar-refractivity contribution in [2.45, 2.75) is 0 Å². The lowest BCUT2D eigenvalue weighted by molar-refractivity contribution is 0.0697. The second-order valence-corrected chi connectivity index (χ2v) is 5.15. The van der Waals surface area contributed by atoms with E-state index in [9.17, 15) is 9.18 Å². The molecule has 5 nitrogen and oxygen atoms in total. The fourth-order valence-electron chi connectivity index (χ4n) is 2.24. The van der Waals surface area contributed by atoms with E-state index in [4.69, 9.17) is 41.0 Å². The number of aromatic carboxylic acids is 1. The van der Waals surface area contributed by atoms with Crippen molar-refractivity contribution >= 4 is 59.2 Å². The molecule has 0 unspecified atom stereocenters. The average molecular weight is 323 g/mol. The molecular formula is C15H5B4FN2O3. The van der Waals surface area contributed by atoms with Gasteiger partial charge in [-0.25, -0.2) is 9.18 Å². The number of benzene rings is 2. The van der Waals surface area contributed by atoms with Gasteiger partial charge in [-0.05, 0) is 12.1 Å². The van der Waals surface area contributed by atoms with Gasteiger partial charge in [-0.1, -0.05) is 28.2 Å². The number of carbonyl (C=O) groups is 1. The molecule has 1 aromatic heterocycles. The van der Waals surface area contributed by atoms with Gasteiger partial charge in [0.25, 0.3) is 5.89 Å². The summed E-state index contributed by atoms with van der Waals surface area (Å²) in [5.41, 5.74) is -0.694. The van der Waals surface area contributed by atoms with Gasteiger partial charge in [-0.15, -0.1) is 10.9 Å². The number of nitrogens with zero attached hydrogens (tertiary/aromatic N) is 2. The average Bonchev–Trinajstić information content (AvgIpc) is 3.08. The summed E-state index contributed by atoms with van der Waals surface area (Å²) in [6, 6.07) is 5.85. The minimum Gasteiger partial charge on any atom is -0.478 e. The predicted octanol–water partition coefficient (Wildman–Crippen LogP) is -1.58. The highest BCUT2D eigenvalue weighted by atomic mass is 19.1. The van der Waals surface area contributed by atoms with Gasteiger partial charge in [0.2, 0.25) is 5.82 Å². The van der Waals surface area contributed by atoms with Crippen LogP contribution in [0.3, 0.4) is 0 Å². The van der Waals surface area contributed by atoms with Gasteiger partial charge < -0.3 is 9.63 Å². The summed E-state index contributed by atoms with van der Waals surface area (Å²) in [5.74, 6) is -2.26. The normalized spacial score (nSPS) is 10.8. The molecule has 112 valence electrons. The summed E-state index contributed by atoms with van der Waals surface area (Å²) in [7, 11) is 22.6. The van der Waals surface area contributed by atoms with E-state index >= 15 is 0 Å². The Balaban J connectivity index is 2.12. The maximum absolute atomic E-state index is 14.4. The first-order chi connectivity index (χ1) is 11.8. The molecule has 3 aromatic rings. The molecule has 0 aliphatic carbocycles. The first kappa shape index (κ1) is 17.1. The zero-order valence-electron chi connectivity index (χ0n) is 12.7. The van der Waals surface area contributed by atoms with E-state index in [0.717, 1.165) is 0 Å². The second-order valence-electron chi connectivity index (χ2n) is 5.15. The standard InChI is InChI=1S/C15H5B4FN2O3/c16-8-7(12(20)11(19)10(18)9(8)17)14-21-13(22-25-14)5-2-1-3-6(4-5)15(23)24/h1-4H,(H,23,24). The zero-order valence-corrected chi connectivity index (χ0v) is 12.7. The lowest BCUT2D eigenvalue weighted by Crippen LogP contribution is -2.49. The highest BCUT2D eigenvalue weighted by Gasteiger charge is 2.21. The molecule has 0 amide bonds. The van der Waals surface area contributed by atoms with E-state index < -0.39 is 11.8 Å². The molecular weight excluding hydrogens is 318 g/mol. The number of hydrogen-bond donors (Lipinski definition) is 1. The Hall–Kier alpha value is -2.76. The Morgan fingerprint density at radius 1 is 1.08 bits per heavy atom. The van der Waals surface area contributed by atoms with Crippen LogP contribution in [0.25, 0.3) is 22.8 Å². The number of aromatic nitrogens is 2. The number of rotatable bonds is 3. The Morgan fingerprint density at radius 2 is 1.76 bits per heavy atom. The molecule has 0 aliphatic rings. The Labute approximate surface area is 147 Å². The Kier molecular flexibility index (Phi) is 4.29. The molecule has 0 spiro atoms. The SMILES string of the molecule is [B]c1c([B])c([B])c(-c2nc(-c3cccc(C(=O)O)c3)no2)c(F)c1[B]. The van der Waals surface area contributed by atoms with Gasteiger partial charge in [0.05, 0.1) is 11.1 Å². The van der Waals surface area contributed by atoms with Crippen LogP contribution in [0, 0.1) is 5.82 Å². The van der Waals surface area contributed by atoms with Gasteiger partial charge >= 0.3 is 5.97 Å². The van der Waals surface area contributed by atoms with Crippen molar-refractivity contribution in [3.05, 3.63) is 35.6 Å². The summed E-state index contributed by atoms with van der Waals surface area (Å²) in [6.45, 7) is 0. The van der Waals surface area contributed by atoms with Crippen LogP contribution in [-0.4, -0.2) is 52.6 Å². The van der Waals surface area contributed by atoms with Gasteiger partial charge in [-0.3, -0.25) is 0 Å². The molecule has 0 bridgehead atoms. The monoisotopic (exact) mass is 324 g/mol. The van der Waals surface area contributed by atoms with Crippen LogP contribution in [0.1, 0.15) is 10.4 Å². The molecule has 0 fully saturated rings. The van der Waals surface area contributed by atoms with E-state index in [1.165, 1.54) is 18.2 Å². The van der Waals surface area contributed by atoms with E-state index in [1.54, 1.807) is 6.07 Å². The van der Waals surface area contributed by atoms with Crippen molar-refractivity contribution < 1.29 is 18.8 Å². The van der Waals surface area contributed by atoms with Crippen LogP contribution in [0.4, 0.5) is 4.39 Å². The summed E-state index contributed by atoms with van der Waals surface area (Å²) in [4.78, 5) is 15.1. The van der Waals surface area contributed by atoms with Crippen LogP contribution in [0.15, 0.2) is 28.8 Å². The number of carboxylic acids is 1. The van der Waals surface area contributed by atoms with Gasteiger partial charge in [-0.2, -0.15) is 4.98 Å². The maximum Gasteiger partial charge on any atom is 0.335 e. The first-order valence-corrected chi connectivity index (χ1v) is 6.90. The Bertz CT molecular complexity index is 977. The van der Waals surface area contributed by atoms with Crippen LogP contribution in [0.5, 0.6) is 0 Å². The molecule has 1 heterocycles. The third kappa shape index (κ3) is 2.88. The van der Waals surface area contributed by atoms with Crippen molar-refractivity contribution in [2.75, 3.05) is 0 Å². The first-order valence-electron chi connectivity index (χ1n) is 6.90. The van der Waals surface area contributed by atoms with Gasteiger partial charge in [0.15, 0.2) is 0 Å². The van der Waals surface area contributed by atoms with Crippen molar-refractivity contribution in [1.29, 1.82) is 0 Å². The summed E-state index contributed by atoms with van der Waals surface area (Å²) in [5, 5.41) is 12.7. The number of hydrogen-bond acceptors (Lipinski definition) is 4.